The molecule has 28 heavy (non-hydrogen) atoms. The Morgan fingerprint density at radius 2 is 1.93 bits per heavy atom. The number of thiazole rings is 1. The molecule has 0 aliphatic carbocycles. The van der Waals surface area contributed by atoms with Gasteiger partial charge in [-0.3, -0.25) is 4.79 Å². The van der Waals surface area contributed by atoms with Crippen LogP contribution in [0.1, 0.15) is 12.5 Å². The van der Waals surface area contributed by atoms with E-state index in [4.69, 9.17) is 9.90 Å². The molecule has 0 saturated heterocycles. The first kappa shape index (κ1) is 20.8. The Balaban J connectivity index is 0.000000516. The van der Waals surface area contributed by atoms with Gasteiger partial charge in [-0.1, -0.05) is 18.2 Å². The molecule has 9 heteroatoms. The Hall–Kier alpha value is -1.97. The van der Waals surface area contributed by atoms with Gasteiger partial charge in [0.05, 0.1) is 0 Å². The van der Waals surface area contributed by atoms with Crippen LogP contribution in [0.4, 0.5) is 5.13 Å². The van der Waals surface area contributed by atoms with Crippen molar-refractivity contribution in [3.05, 3.63) is 58.3 Å². The van der Waals surface area contributed by atoms with Crippen LogP contribution >= 0.6 is 23.1 Å². The Kier molecular flexibility index (Phi) is 7.03. The molecule has 1 aromatic heterocycles. The molecule has 1 amide bonds. The number of carboxylic acid groups (broad SMARTS) is 1. The number of fused-ring (bicyclic) bond motifs is 1. The molecule has 0 unspecified atom stereocenters. The molecule has 2 heterocycles. The second-order valence-electron chi connectivity index (χ2n) is 5.88. The zero-order chi connectivity index (χ0) is 20.1. The third kappa shape index (κ3) is 5.76. The Bertz CT molecular complexity index is 1100. The monoisotopic (exact) mass is 419 g/mol. The Morgan fingerprint density at radius 3 is 2.61 bits per heavy atom. The second kappa shape index (κ2) is 9.49. The molecule has 0 saturated carbocycles. The fraction of sp³-hybridized carbons (Fsp3) is 0.0526. The average molecular weight is 419 g/mol. The van der Waals surface area contributed by atoms with Gasteiger partial charge in [-0.25, -0.2) is 0 Å². The Labute approximate surface area is 187 Å². The third-order valence-electron chi connectivity index (χ3n) is 3.52. The molecule has 1 aliphatic rings. The predicted octanol–water partition coefficient (Wildman–Crippen LogP) is 3.26. The van der Waals surface area contributed by atoms with E-state index in [0.717, 1.165) is 53.9 Å². The van der Waals surface area contributed by atoms with E-state index in [-0.39, 0.29) is 5.91 Å². The van der Waals surface area contributed by atoms with Gasteiger partial charge in [-0.05, 0) is 0 Å². The number of amides is 1. The minimum atomic E-state index is -0.833. The molecule has 6 nitrogen and oxygen atoms in total. The summed E-state index contributed by atoms with van der Waals surface area (Å²) < 4.78 is 1.09. The number of rotatable bonds is 2. The van der Waals surface area contributed by atoms with Gasteiger partial charge in [0.2, 0.25) is 0 Å². The van der Waals surface area contributed by atoms with Crippen molar-refractivity contribution < 1.29 is 14.7 Å². The first-order valence-corrected chi connectivity index (χ1v) is 11.0. The fourth-order valence-electron chi connectivity index (χ4n) is 2.41. The van der Waals surface area contributed by atoms with Crippen LogP contribution in [-0.4, -0.2) is 55.1 Å². The number of aliphatic carboxylic acids is 1. The molecule has 0 fully saturated rings. The molecule has 0 radical (unpaired) electrons. The van der Waals surface area contributed by atoms with Crippen LogP contribution in [0.2, 0.25) is 0 Å². The van der Waals surface area contributed by atoms with Gasteiger partial charge in [0.25, 0.3) is 5.97 Å². The second-order valence-corrected chi connectivity index (χ2v) is 8.79. The van der Waals surface area contributed by atoms with E-state index in [1.54, 1.807) is 0 Å². The number of anilines is 1. The SMILES string of the molecule is CC(=O)O.O=C1N=C(Nc2n[c]([Na])cs2)SC1=Cc1ccc2ccccc2c1. The number of thioether (sulfide) groups is 1. The van der Waals surface area contributed by atoms with E-state index in [9.17, 15) is 4.79 Å². The van der Waals surface area contributed by atoms with E-state index >= 15 is 0 Å². The quantitative estimate of drug-likeness (QED) is 0.489. The molecule has 2 aromatic carbocycles. The number of amidine groups is 1. The van der Waals surface area contributed by atoms with E-state index in [0.29, 0.717) is 10.1 Å². The van der Waals surface area contributed by atoms with E-state index in [2.05, 4.69) is 39.6 Å². The van der Waals surface area contributed by atoms with Crippen LogP contribution in [-0.2, 0) is 9.59 Å². The summed E-state index contributed by atoms with van der Waals surface area (Å²) in [5, 5.41) is 16.3. The number of aromatic nitrogens is 1. The van der Waals surface area contributed by atoms with Gasteiger partial charge >= 0.3 is 147 Å². The van der Waals surface area contributed by atoms with Crippen molar-refractivity contribution in [2.24, 2.45) is 4.99 Å². The van der Waals surface area contributed by atoms with Gasteiger partial charge in [0, 0.05) is 6.92 Å². The fourth-order valence-corrected chi connectivity index (χ4v) is 4.72. The number of carbonyl (C=O) groups excluding carboxylic acids is 1. The molecule has 2 N–H and O–H groups in total. The predicted molar refractivity (Wildman–Crippen MR) is 116 cm³/mol. The van der Waals surface area contributed by atoms with Crippen LogP contribution in [0, 0.1) is 0 Å². The van der Waals surface area contributed by atoms with E-state index in [1.807, 2.05) is 29.7 Å². The van der Waals surface area contributed by atoms with Crippen molar-refractivity contribution in [3.8, 4) is 0 Å². The normalized spacial score (nSPS) is 14.6. The summed E-state index contributed by atoms with van der Waals surface area (Å²) in [7, 11) is 0. The molecule has 0 bridgehead atoms. The summed E-state index contributed by atoms with van der Waals surface area (Å²) in [4.78, 5) is 30.2. The van der Waals surface area contributed by atoms with Gasteiger partial charge < -0.3 is 5.11 Å². The number of carbonyl (C=O) groups is 2. The summed E-state index contributed by atoms with van der Waals surface area (Å²) >= 11 is 3.80. The van der Waals surface area contributed by atoms with Crippen molar-refractivity contribution in [1.29, 1.82) is 0 Å². The summed E-state index contributed by atoms with van der Waals surface area (Å²) in [5.74, 6) is -1.04. The van der Waals surface area contributed by atoms with E-state index in [1.165, 1.54) is 28.5 Å². The van der Waals surface area contributed by atoms with Gasteiger partial charge in [0.15, 0.2) is 0 Å². The number of nitrogens with zero attached hydrogens (tertiary/aromatic N) is 2. The summed E-state index contributed by atoms with van der Waals surface area (Å²) in [6.45, 7) is 1.08. The molecular weight excluding hydrogens is 405 g/mol. The zero-order valence-corrected chi connectivity index (χ0v) is 18.8. The molecule has 3 aromatic rings. The third-order valence-corrected chi connectivity index (χ3v) is 6.23. The zero-order valence-electron chi connectivity index (χ0n) is 15.2. The summed E-state index contributed by atoms with van der Waals surface area (Å²) in [6, 6.07) is 14.3. The van der Waals surface area contributed by atoms with E-state index < -0.39 is 5.97 Å². The van der Waals surface area contributed by atoms with Gasteiger partial charge in [-0.15, -0.1) is 0 Å². The van der Waals surface area contributed by atoms with Crippen molar-refractivity contribution >= 4 is 93.0 Å². The number of nitrogens with one attached hydrogen (secondary N) is 1. The van der Waals surface area contributed by atoms with Crippen LogP contribution in [0.15, 0.2) is 57.7 Å². The number of benzene rings is 2. The first-order valence-electron chi connectivity index (χ1n) is 8.31. The molecule has 0 spiro atoms. The minimum absolute atomic E-state index is 0.210. The standard InChI is InChI=1S/C17H10N3OS2.C2H4O2.Na/c21-15-14(23-17(19-15)20-16-18-7-8-22-16)10-11-5-6-12-3-1-2-4-13(12)9-11;1-2(3)4;/h1-6,8-10H,(H,18,19,20,21);1H3,(H,3,4);. The van der Waals surface area contributed by atoms with Crippen LogP contribution < -0.4 is 8.26 Å². The van der Waals surface area contributed by atoms with Crippen molar-refractivity contribution in [3.63, 3.8) is 0 Å². The number of carboxylic acids is 1. The van der Waals surface area contributed by atoms with Gasteiger partial charge in [0.1, 0.15) is 0 Å². The average Bonchev–Trinajstić information content (AvgIpc) is 3.20. The Morgan fingerprint density at radius 1 is 1.21 bits per heavy atom. The maximum atomic E-state index is 12.1. The van der Waals surface area contributed by atoms with Gasteiger partial charge in [-0.2, -0.15) is 0 Å². The topological polar surface area (TPSA) is 91.6 Å². The van der Waals surface area contributed by atoms with Crippen molar-refractivity contribution in [2.75, 3.05) is 5.32 Å². The summed E-state index contributed by atoms with van der Waals surface area (Å²) in [6.07, 6.45) is 1.89. The molecule has 0 atom stereocenters. The maximum absolute atomic E-state index is 12.1. The molecular formula is C19H14N3NaO3S2. The molecule has 136 valence electrons. The molecule has 1 aliphatic heterocycles. The van der Waals surface area contributed by atoms with Crippen molar-refractivity contribution in [2.45, 2.75) is 6.92 Å². The van der Waals surface area contributed by atoms with Crippen LogP contribution in [0.5, 0.6) is 0 Å². The van der Waals surface area contributed by atoms with Crippen LogP contribution in [0.25, 0.3) is 16.8 Å². The van der Waals surface area contributed by atoms with Crippen LogP contribution in [0.3, 0.4) is 0 Å². The number of aliphatic imine (C=N–C) groups is 1. The van der Waals surface area contributed by atoms with Crippen molar-refractivity contribution in [1.82, 2.24) is 4.98 Å². The summed E-state index contributed by atoms with van der Waals surface area (Å²) in [5.41, 5.74) is 0.997. The first-order chi connectivity index (χ1) is 13.4. The number of hydrogen-bond donors (Lipinski definition) is 2. The molecule has 4 rings (SSSR count). The number of hydrogen-bond acceptors (Lipinski definition) is 6.